The second-order valence-electron chi connectivity index (χ2n) is 7.89. The first-order valence-corrected chi connectivity index (χ1v) is 11.2. The van der Waals surface area contributed by atoms with Gasteiger partial charge in [-0.2, -0.15) is 0 Å². The summed E-state index contributed by atoms with van der Waals surface area (Å²) in [6, 6.07) is 11.4. The van der Waals surface area contributed by atoms with Crippen molar-refractivity contribution >= 4 is 33.2 Å². The second-order valence-corrected chi connectivity index (χ2v) is 8.80. The van der Waals surface area contributed by atoms with Crippen molar-refractivity contribution in [3.8, 4) is 0 Å². The second kappa shape index (κ2) is 8.74. The van der Waals surface area contributed by atoms with Gasteiger partial charge < -0.3 is 19.7 Å². The molecule has 8 heteroatoms. The highest BCUT2D eigenvalue weighted by Crippen LogP contribution is 2.26. The van der Waals surface area contributed by atoms with Crippen molar-refractivity contribution in [2.75, 3.05) is 26.3 Å². The van der Waals surface area contributed by atoms with Crippen LogP contribution in [0.25, 0.3) is 10.1 Å². The number of fused-ring (bicyclic) bond motifs is 2. The zero-order valence-corrected chi connectivity index (χ0v) is 17.7. The van der Waals surface area contributed by atoms with Gasteiger partial charge in [0.25, 0.3) is 5.91 Å². The normalized spacial score (nSPS) is 21.6. The molecule has 1 N–H and O–H groups in total. The molecular weight excluding hydrogens is 414 g/mol. The van der Waals surface area contributed by atoms with Crippen LogP contribution in [-0.2, 0) is 20.7 Å². The lowest BCUT2D eigenvalue weighted by Crippen LogP contribution is -2.41. The summed E-state index contributed by atoms with van der Waals surface area (Å²) in [5, 5.41) is 5.89. The van der Waals surface area contributed by atoms with Crippen molar-refractivity contribution in [2.45, 2.75) is 24.7 Å². The van der Waals surface area contributed by atoms with Gasteiger partial charge in [-0.15, -0.1) is 11.3 Å². The molecule has 3 aromatic rings. The van der Waals surface area contributed by atoms with Crippen molar-refractivity contribution in [1.82, 2.24) is 15.2 Å². The molecule has 4 heterocycles. The molecule has 2 aliphatic heterocycles. The van der Waals surface area contributed by atoms with E-state index >= 15 is 0 Å². The minimum atomic E-state index is -0.224. The van der Waals surface area contributed by atoms with Crippen LogP contribution < -0.4 is 5.32 Å². The highest BCUT2D eigenvalue weighted by Gasteiger charge is 2.39. The standard InChI is InChI=1S/C23H23N3O4S/c27-22(9-15-5-7-24-8-6-15)26-10-19-20(11-26)30-13-16(12-29-19)25-23(28)18-14-31-21-4-2-1-3-17(18)21/h1-8,14,16,19-20H,9-13H2,(H,25,28)/t19-,20-/m0/s1. The lowest BCUT2D eigenvalue weighted by atomic mass is 10.1. The Morgan fingerprint density at radius 1 is 1.06 bits per heavy atom. The van der Waals surface area contributed by atoms with E-state index in [1.807, 2.05) is 41.8 Å². The predicted octanol–water partition coefficient (Wildman–Crippen LogP) is 2.26. The number of likely N-dealkylation sites (tertiary alicyclic amines) is 1. The van der Waals surface area contributed by atoms with Gasteiger partial charge in [0, 0.05) is 40.9 Å². The number of ether oxygens (including phenoxy) is 2. The van der Waals surface area contributed by atoms with E-state index in [9.17, 15) is 9.59 Å². The molecule has 0 spiro atoms. The summed E-state index contributed by atoms with van der Waals surface area (Å²) in [6.45, 7) is 1.73. The molecule has 2 aliphatic rings. The molecule has 31 heavy (non-hydrogen) atoms. The van der Waals surface area contributed by atoms with E-state index in [1.54, 1.807) is 28.6 Å². The van der Waals surface area contributed by atoms with Gasteiger partial charge in [0.1, 0.15) is 12.2 Å². The van der Waals surface area contributed by atoms with Crippen LogP contribution in [0.1, 0.15) is 15.9 Å². The van der Waals surface area contributed by atoms with E-state index in [0.717, 1.165) is 15.6 Å². The number of amides is 2. The Balaban J connectivity index is 1.16. The van der Waals surface area contributed by atoms with E-state index < -0.39 is 0 Å². The number of nitrogens with one attached hydrogen (secondary N) is 1. The van der Waals surface area contributed by atoms with Crippen LogP contribution in [0.4, 0.5) is 0 Å². The van der Waals surface area contributed by atoms with Gasteiger partial charge in [-0.1, -0.05) is 18.2 Å². The molecule has 2 aromatic heterocycles. The van der Waals surface area contributed by atoms with Crippen molar-refractivity contribution in [3.63, 3.8) is 0 Å². The average molecular weight is 438 g/mol. The minimum Gasteiger partial charge on any atom is -0.371 e. The maximum absolute atomic E-state index is 12.8. The van der Waals surface area contributed by atoms with Gasteiger partial charge in [0.2, 0.25) is 5.91 Å². The van der Waals surface area contributed by atoms with E-state index in [0.29, 0.717) is 38.3 Å². The first-order valence-electron chi connectivity index (χ1n) is 10.3. The van der Waals surface area contributed by atoms with Crippen molar-refractivity contribution in [1.29, 1.82) is 0 Å². The number of nitrogens with zero attached hydrogens (tertiary/aromatic N) is 2. The zero-order chi connectivity index (χ0) is 21.2. The maximum Gasteiger partial charge on any atom is 0.253 e. The van der Waals surface area contributed by atoms with Crippen LogP contribution in [0.15, 0.2) is 54.2 Å². The Hall–Kier alpha value is -2.81. The Morgan fingerprint density at radius 2 is 1.77 bits per heavy atom. The molecule has 0 bridgehead atoms. The fraction of sp³-hybridized carbons (Fsp3) is 0.348. The first-order chi connectivity index (χ1) is 15.2. The molecule has 0 saturated carbocycles. The predicted molar refractivity (Wildman–Crippen MR) is 117 cm³/mol. The van der Waals surface area contributed by atoms with E-state index in [-0.39, 0.29) is 30.1 Å². The number of carbonyl (C=O) groups is 2. The SMILES string of the molecule is O=C(NC1CO[C@H]2CN(C(=O)Cc3ccncc3)C[C@@H]2OC1)c1csc2ccccc12. The molecule has 1 aromatic carbocycles. The lowest BCUT2D eigenvalue weighted by Gasteiger charge is -2.19. The summed E-state index contributed by atoms with van der Waals surface area (Å²) in [6.07, 6.45) is 3.37. The van der Waals surface area contributed by atoms with Gasteiger partial charge in [0.15, 0.2) is 0 Å². The summed E-state index contributed by atoms with van der Waals surface area (Å²) in [5.41, 5.74) is 1.62. The smallest absolute Gasteiger partial charge is 0.253 e. The zero-order valence-electron chi connectivity index (χ0n) is 16.9. The number of hydrogen-bond acceptors (Lipinski definition) is 6. The fourth-order valence-corrected chi connectivity index (χ4v) is 5.02. The molecule has 0 radical (unpaired) electrons. The van der Waals surface area contributed by atoms with Gasteiger partial charge in [-0.05, 0) is 23.8 Å². The molecule has 2 atom stereocenters. The van der Waals surface area contributed by atoms with Crippen LogP contribution in [0, 0.1) is 0 Å². The first kappa shape index (κ1) is 20.1. The van der Waals surface area contributed by atoms with Gasteiger partial charge >= 0.3 is 0 Å². The van der Waals surface area contributed by atoms with Gasteiger partial charge in [0.05, 0.1) is 31.2 Å². The molecule has 5 rings (SSSR count). The molecular formula is C23H23N3O4S. The number of pyridine rings is 1. The highest BCUT2D eigenvalue weighted by molar-refractivity contribution is 7.17. The maximum atomic E-state index is 12.8. The number of carbonyl (C=O) groups excluding carboxylic acids is 2. The Morgan fingerprint density at radius 3 is 2.52 bits per heavy atom. The Kier molecular flexibility index (Phi) is 5.67. The Labute approximate surface area is 184 Å². The highest BCUT2D eigenvalue weighted by atomic mass is 32.1. The number of rotatable bonds is 4. The lowest BCUT2D eigenvalue weighted by molar-refractivity contribution is -0.130. The summed E-state index contributed by atoms with van der Waals surface area (Å²) in [5.74, 6) is -0.0588. The van der Waals surface area contributed by atoms with Crippen LogP contribution in [0.2, 0.25) is 0 Å². The van der Waals surface area contributed by atoms with Crippen molar-refractivity contribution < 1.29 is 19.1 Å². The minimum absolute atomic E-state index is 0.0562. The van der Waals surface area contributed by atoms with E-state index in [2.05, 4.69) is 10.3 Å². The van der Waals surface area contributed by atoms with Crippen LogP contribution in [0.5, 0.6) is 0 Å². The van der Waals surface area contributed by atoms with Crippen LogP contribution in [0.3, 0.4) is 0 Å². The van der Waals surface area contributed by atoms with Gasteiger partial charge in [-0.25, -0.2) is 0 Å². The number of aromatic nitrogens is 1. The topological polar surface area (TPSA) is 80.8 Å². The fourth-order valence-electron chi connectivity index (χ4n) is 4.08. The summed E-state index contributed by atoms with van der Waals surface area (Å²) >= 11 is 1.56. The largest absolute Gasteiger partial charge is 0.371 e. The van der Waals surface area contributed by atoms with E-state index in [1.165, 1.54) is 0 Å². The monoisotopic (exact) mass is 437 g/mol. The molecule has 2 fully saturated rings. The van der Waals surface area contributed by atoms with Crippen LogP contribution in [-0.4, -0.2) is 66.3 Å². The third-order valence-corrected chi connectivity index (χ3v) is 6.72. The van der Waals surface area contributed by atoms with Crippen molar-refractivity contribution in [2.24, 2.45) is 0 Å². The summed E-state index contributed by atoms with van der Waals surface area (Å²) < 4.78 is 13.2. The van der Waals surface area contributed by atoms with E-state index in [4.69, 9.17) is 9.47 Å². The van der Waals surface area contributed by atoms with Crippen LogP contribution >= 0.6 is 11.3 Å². The van der Waals surface area contributed by atoms with Crippen molar-refractivity contribution in [3.05, 3.63) is 65.3 Å². The summed E-state index contributed by atoms with van der Waals surface area (Å²) in [4.78, 5) is 31.2. The number of hydrogen-bond donors (Lipinski definition) is 1. The molecule has 160 valence electrons. The molecule has 2 saturated heterocycles. The molecule has 7 nitrogen and oxygen atoms in total. The van der Waals surface area contributed by atoms with Gasteiger partial charge in [-0.3, -0.25) is 14.6 Å². The Bertz CT molecular complexity index is 1070. The third kappa shape index (κ3) is 4.32. The number of thiophene rings is 1. The third-order valence-electron chi connectivity index (χ3n) is 5.76. The average Bonchev–Trinajstić information content (AvgIpc) is 3.36. The number of benzene rings is 1. The molecule has 0 unspecified atom stereocenters. The molecule has 2 amide bonds. The summed E-state index contributed by atoms with van der Waals surface area (Å²) in [7, 11) is 0. The quantitative estimate of drug-likeness (QED) is 0.677. The molecule has 0 aliphatic carbocycles.